The molecular weight excluding hydrogens is 377 g/mol. The Balaban J connectivity index is 0.000000239. The Bertz CT molecular complexity index is 918. The molecule has 6 rings (SSSR count). The Labute approximate surface area is 158 Å². The van der Waals surface area contributed by atoms with Crippen LogP contribution in [-0.4, -0.2) is 33.7 Å². The monoisotopic (exact) mass is 396 g/mol. The van der Waals surface area contributed by atoms with Crippen molar-refractivity contribution in [1.29, 1.82) is 0 Å². The summed E-state index contributed by atoms with van der Waals surface area (Å²) >= 11 is 0. The van der Waals surface area contributed by atoms with Crippen LogP contribution in [0.15, 0.2) is 34.0 Å². The van der Waals surface area contributed by atoms with Crippen LogP contribution in [0.4, 0.5) is 13.2 Å². The molecule has 3 N–H and O–H groups in total. The number of rotatable bonds is 1. The number of hydrazine groups is 1. The number of aliphatic carboxylic acids is 1. The minimum atomic E-state index is -5.08. The van der Waals surface area contributed by atoms with Gasteiger partial charge in [-0.2, -0.15) is 13.2 Å². The first kappa shape index (κ1) is 18.7. The highest BCUT2D eigenvalue weighted by Crippen LogP contribution is 2.48. The van der Waals surface area contributed by atoms with Gasteiger partial charge in [0.05, 0.1) is 6.26 Å². The normalized spacial score (nSPS) is 28.6. The number of hydrogen-bond donors (Lipinski definition) is 3. The number of hydrogen-bond acceptors (Lipinski definition) is 6. The lowest BCUT2D eigenvalue weighted by Crippen LogP contribution is -2.56. The molecule has 2 bridgehead atoms. The minimum Gasteiger partial charge on any atom is -0.475 e. The molecule has 150 valence electrons. The summed E-state index contributed by atoms with van der Waals surface area (Å²) in [6.07, 6.45) is 4.94. The molecule has 2 aromatic rings. The van der Waals surface area contributed by atoms with Gasteiger partial charge in [0.1, 0.15) is 11.5 Å². The highest BCUT2D eigenvalue weighted by Gasteiger charge is 2.50. The molecule has 3 heterocycles. The Morgan fingerprint density at radius 1 is 1.29 bits per heavy atom. The Morgan fingerprint density at radius 2 is 2.00 bits per heavy atom. The van der Waals surface area contributed by atoms with Crippen LogP contribution in [0.2, 0.25) is 0 Å². The second kappa shape index (κ2) is 6.77. The molecule has 3 saturated carbocycles. The van der Waals surface area contributed by atoms with Crippen LogP contribution in [0.25, 0.3) is 11.1 Å². The van der Waals surface area contributed by atoms with Crippen molar-refractivity contribution < 1.29 is 27.5 Å². The quantitative estimate of drug-likeness (QED) is 0.685. The van der Waals surface area contributed by atoms with E-state index in [9.17, 15) is 13.2 Å². The second-order valence-electron chi connectivity index (χ2n) is 7.40. The summed E-state index contributed by atoms with van der Waals surface area (Å²) in [6, 6.07) is 4.02. The van der Waals surface area contributed by atoms with E-state index in [0.717, 1.165) is 29.1 Å². The molecule has 0 amide bonds. The molecule has 4 aliphatic rings. The maximum atomic E-state index is 10.6. The number of fused-ring (bicyclic) bond motifs is 3. The van der Waals surface area contributed by atoms with Gasteiger partial charge in [-0.25, -0.2) is 20.2 Å². The van der Waals surface area contributed by atoms with Crippen molar-refractivity contribution in [3.8, 4) is 0 Å². The Kier molecular flexibility index (Phi) is 4.53. The average molecular weight is 396 g/mol. The van der Waals surface area contributed by atoms with Crippen LogP contribution in [0.5, 0.6) is 0 Å². The summed E-state index contributed by atoms with van der Waals surface area (Å²) in [6.45, 7) is 0. The lowest BCUT2D eigenvalue weighted by atomic mass is 9.65. The summed E-state index contributed by atoms with van der Waals surface area (Å²) in [7, 11) is 0. The summed E-state index contributed by atoms with van der Waals surface area (Å²) in [4.78, 5) is 18.3. The largest absolute Gasteiger partial charge is 0.490 e. The van der Waals surface area contributed by atoms with Crippen molar-refractivity contribution in [3.63, 3.8) is 0 Å². The van der Waals surface area contributed by atoms with Crippen LogP contribution in [-0.2, 0) is 4.79 Å². The van der Waals surface area contributed by atoms with Crippen LogP contribution < -0.4 is 10.9 Å². The second-order valence-corrected chi connectivity index (χ2v) is 7.40. The van der Waals surface area contributed by atoms with Gasteiger partial charge in [-0.05, 0) is 56.1 Å². The summed E-state index contributed by atoms with van der Waals surface area (Å²) in [5.74, 6) is -0.342. The van der Waals surface area contributed by atoms with Crippen molar-refractivity contribution in [1.82, 2.24) is 15.8 Å². The van der Waals surface area contributed by atoms with E-state index in [1.807, 2.05) is 12.3 Å². The Morgan fingerprint density at radius 3 is 2.61 bits per heavy atom. The Hall–Kier alpha value is -2.62. The topological polar surface area (TPSA) is 99.8 Å². The van der Waals surface area contributed by atoms with Gasteiger partial charge in [0.15, 0.2) is 0 Å². The standard InChI is InChI=1S/C16H18N4O.C2HF3O2/c1-3-13-4-2-10(1)8-16(13)18-14(19-20-16)12-7-11-5-6-21-15(11)17-9-12;3-2(4,5)1(6)7/h5-7,9-10,13,20H,1-4,8H2,(H,18,19);(H,6,7). The lowest BCUT2D eigenvalue weighted by molar-refractivity contribution is -0.192. The fourth-order valence-electron chi connectivity index (χ4n) is 4.29. The molecule has 28 heavy (non-hydrogen) atoms. The minimum absolute atomic E-state index is 0.0815. The van der Waals surface area contributed by atoms with Crippen LogP contribution in [0, 0.1) is 11.8 Å². The molecule has 7 nitrogen and oxygen atoms in total. The first-order valence-electron chi connectivity index (χ1n) is 9.04. The molecule has 2 aromatic heterocycles. The van der Waals surface area contributed by atoms with Gasteiger partial charge in [0.2, 0.25) is 5.71 Å². The molecule has 0 saturated heterocycles. The summed E-state index contributed by atoms with van der Waals surface area (Å²) in [5.41, 5.74) is 8.41. The van der Waals surface area contributed by atoms with Gasteiger partial charge in [-0.15, -0.1) is 0 Å². The van der Waals surface area contributed by atoms with Gasteiger partial charge in [-0.1, -0.05) is 0 Å². The van der Waals surface area contributed by atoms with Crippen molar-refractivity contribution in [3.05, 3.63) is 30.2 Å². The number of carboxylic acid groups (broad SMARTS) is 1. The molecule has 10 heteroatoms. The maximum Gasteiger partial charge on any atom is 0.490 e. The number of furan rings is 1. The molecule has 1 spiro atoms. The van der Waals surface area contributed by atoms with E-state index in [-0.39, 0.29) is 5.66 Å². The number of pyridine rings is 1. The predicted molar refractivity (Wildman–Crippen MR) is 93.3 cm³/mol. The number of carbonyl (C=O) groups is 1. The van der Waals surface area contributed by atoms with Gasteiger partial charge in [0.25, 0.3) is 0 Å². The first-order valence-corrected chi connectivity index (χ1v) is 9.04. The van der Waals surface area contributed by atoms with E-state index in [2.05, 4.69) is 21.9 Å². The van der Waals surface area contributed by atoms with Crippen molar-refractivity contribution >= 4 is 22.9 Å². The number of aliphatic imine (C=N–C) groups is 1. The van der Waals surface area contributed by atoms with Gasteiger partial charge < -0.3 is 14.9 Å². The molecule has 3 fully saturated rings. The van der Waals surface area contributed by atoms with E-state index in [1.54, 1.807) is 6.26 Å². The summed E-state index contributed by atoms with van der Waals surface area (Å²) < 4.78 is 37.0. The third-order valence-electron chi connectivity index (χ3n) is 5.65. The van der Waals surface area contributed by atoms with Crippen molar-refractivity contribution in [2.75, 3.05) is 0 Å². The number of halogens is 3. The summed E-state index contributed by atoms with van der Waals surface area (Å²) in [5, 5.41) is 8.14. The van der Waals surface area contributed by atoms with Crippen LogP contribution in [0.1, 0.15) is 37.7 Å². The molecule has 1 atom stereocenters. The number of nitrogens with zero attached hydrogens (tertiary/aromatic N) is 2. The smallest absolute Gasteiger partial charge is 0.475 e. The fraction of sp³-hybridized carbons (Fsp3) is 0.500. The molecule has 0 radical (unpaired) electrons. The average Bonchev–Trinajstić information content (AvgIpc) is 3.29. The van der Waals surface area contributed by atoms with E-state index >= 15 is 0 Å². The van der Waals surface area contributed by atoms with Gasteiger partial charge in [-0.3, -0.25) is 0 Å². The third kappa shape index (κ3) is 3.44. The molecular formula is C18H19F3N4O3. The van der Waals surface area contributed by atoms with Gasteiger partial charge in [0, 0.05) is 17.1 Å². The van der Waals surface area contributed by atoms with E-state index in [0.29, 0.717) is 11.6 Å². The molecule has 0 aromatic carbocycles. The molecule has 3 aliphatic carbocycles. The SMILES string of the molecule is O=C(O)C(F)(F)F.c1cc2cc(C3=NC4(CC5CCC4CC5)NN3)cnc2o1. The number of aromatic nitrogens is 1. The van der Waals surface area contributed by atoms with Crippen LogP contribution >= 0.6 is 0 Å². The number of nitrogens with one attached hydrogen (secondary N) is 2. The van der Waals surface area contributed by atoms with E-state index in [1.165, 1.54) is 25.7 Å². The highest BCUT2D eigenvalue weighted by molar-refractivity contribution is 6.01. The predicted octanol–water partition coefficient (Wildman–Crippen LogP) is 3.22. The first-order chi connectivity index (χ1) is 13.3. The maximum absolute atomic E-state index is 10.6. The lowest BCUT2D eigenvalue weighted by Gasteiger charge is -2.47. The number of alkyl halides is 3. The van der Waals surface area contributed by atoms with Crippen LogP contribution in [0.3, 0.4) is 0 Å². The zero-order chi connectivity index (χ0) is 19.9. The van der Waals surface area contributed by atoms with Crippen molar-refractivity contribution in [2.24, 2.45) is 16.8 Å². The number of carboxylic acids is 1. The fourth-order valence-corrected chi connectivity index (χ4v) is 4.29. The molecule has 1 unspecified atom stereocenters. The van der Waals surface area contributed by atoms with Crippen molar-refractivity contribution in [2.45, 2.75) is 43.9 Å². The number of amidine groups is 1. The molecule has 1 aliphatic heterocycles. The zero-order valence-electron chi connectivity index (χ0n) is 14.8. The van der Waals surface area contributed by atoms with Gasteiger partial charge >= 0.3 is 12.1 Å². The highest BCUT2D eigenvalue weighted by atomic mass is 19.4. The zero-order valence-corrected chi connectivity index (χ0v) is 14.8. The van der Waals surface area contributed by atoms with E-state index in [4.69, 9.17) is 19.3 Å². The van der Waals surface area contributed by atoms with E-state index < -0.39 is 12.1 Å². The third-order valence-corrected chi connectivity index (χ3v) is 5.65.